The second kappa shape index (κ2) is 10.0. The van der Waals surface area contributed by atoms with Crippen LogP contribution in [0.5, 0.6) is 0 Å². The summed E-state index contributed by atoms with van der Waals surface area (Å²) in [4.78, 5) is 18.6. The molecule has 0 radical (unpaired) electrons. The molecule has 9 heteroatoms. The lowest BCUT2D eigenvalue weighted by Gasteiger charge is -2.18. The number of nitrogens with zero attached hydrogens (tertiary/aromatic N) is 4. The lowest BCUT2D eigenvalue weighted by atomic mass is 10.2. The van der Waals surface area contributed by atoms with Gasteiger partial charge in [0, 0.05) is 24.6 Å². The van der Waals surface area contributed by atoms with Crippen molar-refractivity contribution in [3.8, 4) is 0 Å². The monoisotopic (exact) mass is 467 g/mol. The molecule has 1 N–H and O–H groups in total. The summed E-state index contributed by atoms with van der Waals surface area (Å²) in [5.41, 5.74) is 4.05. The summed E-state index contributed by atoms with van der Waals surface area (Å²) >= 11 is 4.59. The van der Waals surface area contributed by atoms with Crippen molar-refractivity contribution < 1.29 is 4.79 Å². The number of amides is 1. The topological polar surface area (TPSA) is 71.0 Å². The van der Waals surface area contributed by atoms with Gasteiger partial charge in [0.05, 0.1) is 11.4 Å². The average molecular weight is 468 g/mol. The Morgan fingerprint density at radius 2 is 1.97 bits per heavy atom. The maximum Gasteiger partial charge on any atom is 0.230 e. The van der Waals surface area contributed by atoms with Crippen molar-refractivity contribution in [1.29, 1.82) is 0 Å². The van der Waals surface area contributed by atoms with Crippen LogP contribution in [0, 0.1) is 6.92 Å². The van der Waals surface area contributed by atoms with E-state index in [1.54, 1.807) is 23.6 Å². The minimum atomic E-state index is -0.0580. The van der Waals surface area contributed by atoms with Gasteiger partial charge in [-0.15, -0.1) is 21.5 Å². The highest BCUT2D eigenvalue weighted by Crippen LogP contribution is 2.33. The Morgan fingerprint density at radius 3 is 2.74 bits per heavy atom. The van der Waals surface area contributed by atoms with Gasteiger partial charge in [0.25, 0.3) is 0 Å². The van der Waals surface area contributed by atoms with Gasteiger partial charge in [-0.2, -0.15) is 0 Å². The summed E-state index contributed by atoms with van der Waals surface area (Å²) in [6.45, 7) is 4.29. The van der Waals surface area contributed by atoms with Gasteiger partial charge in [-0.3, -0.25) is 9.69 Å². The van der Waals surface area contributed by atoms with E-state index in [4.69, 9.17) is 0 Å². The molecular weight excluding hydrogens is 446 g/mol. The number of benzene rings is 2. The molecular formula is C22H21N5OS3. The molecule has 0 fully saturated rings. The molecule has 0 saturated heterocycles. The first-order chi connectivity index (χ1) is 15.1. The number of rotatable bonds is 8. The van der Waals surface area contributed by atoms with Gasteiger partial charge in [-0.05, 0) is 30.2 Å². The van der Waals surface area contributed by atoms with Crippen molar-refractivity contribution in [2.75, 3.05) is 10.2 Å². The summed E-state index contributed by atoms with van der Waals surface area (Å²) in [6.07, 6.45) is 0. The van der Waals surface area contributed by atoms with E-state index in [1.807, 2.05) is 54.8 Å². The van der Waals surface area contributed by atoms with E-state index < -0.39 is 0 Å². The number of carbonyl (C=O) groups is 1. The maximum atomic E-state index is 12.3. The number of thioether (sulfide) groups is 1. The van der Waals surface area contributed by atoms with Crippen LogP contribution in [0.3, 0.4) is 0 Å². The van der Waals surface area contributed by atoms with Gasteiger partial charge in [0.2, 0.25) is 11.0 Å². The van der Waals surface area contributed by atoms with E-state index in [0.717, 1.165) is 33.0 Å². The molecule has 1 amide bonds. The molecule has 6 nitrogen and oxygen atoms in total. The minimum absolute atomic E-state index is 0.0580. The van der Waals surface area contributed by atoms with Crippen LogP contribution in [0.2, 0.25) is 0 Å². The Labute approximate surface area is 193 Å². The van der Waals surface area contributed by atoms with Crippen LogP contribution in [-0.2, 0) is 17.1 Å². The van der Waals surface area contributed by atoms with E-state index in [1.165, 1.54) is 28.2 Å². The van der Waals surface area contributed by atoms with E-state index in [-0.39, 0.29) is 5.91 Å². The van der Waals surface area contributed by atoms with Crippen molar-refractivity contribution in [3.05, 3.63) is 76.8 Å². The zero-order valence-corrected chi connectivity index (χ0v) is 19.6. The van der Waals surface area contributed by atoms with Crippen LogP contribution in [0.25, 0.3) is 0 Å². The van der Waals surface area contributed by atoms with Crippen molar-refractivity contribution >= 4 is 56.3 Å². The van der Waals surface area contributed by atoms with Crippen LogP contribution in [-0.4, -0.2) is 21.1 Å². The van der Waals surface area contributed by atoms with Crippen molar-refractivity contribution in [3.63, 3.8) is 0 Å². The van der Waals surface area contributed by atoms with E-state index >= 15 is 0 Å². The Balaban J connectivity index is 1.37. The second-order valence-electron chi connectivity index (χ2n) is 6.82. The Bertz CT molecular complexity index is 1160. The van der Waals surface area contributed by atoms with Crippen molar-refractivity contribution in [2.24, 2.45) is 0 Å². The number of hydrogen-bond donors (Lipinski definition) is 1. The number of aryl methyl sites for hydroxylation is 1. The molecule has 4 rings (SSSR count). The zero-order valence-electron chi connectivity index (χ0n) is 17.1. The highest BCUT2D eigenvalue weighted by atomic mass is 32.2. The van der Waals surface area contributed by atoms with Crippen LogP contribution in [0.15, 0.2) is 64.3 Å². The predicted molar refractivity (Wildman–Crippen MR) is 129 cm³/mol. The first-order valence-electron chi connectivity index (χ1n) is 9.64. The van der Waals surface area contributed by atoms with Crippen LogP contribution in [0.1, 0.15) is 23.7 Å². The Morgan fingerprint density at radius 1 is 1.13 bits per heavy atom. The Kier molecular flexibility index (Phi) is 6.96. The number of nitrogens with one attached hydrogen (secondary N) is 1. The van der Waals surface area contributed by atoms with Gasteiger partial charge >= 0.3 is 0 Å². The summed E-state index contributed by atoms with van der Waals surface area (Å²) in [5.74, 6) is 0.612. The molecule has 31 heavy (non-hydrogen) atoms. The number of anilines is 3. The third-order valence-electron chi connectivity index (χ3n) is 4.34. The molecule has 0 spiro atoms. The van der Waals surface area contributed by atoms with Crippen LogP contribution in [0.4, 0.5) is 16.0 Å². The van der Waals surface area contributed by atoms with Gasteiger partial charge in [-0.1, -0.05) is 65.6 Å². The standard InChI is InChI=1S/C22H21N5OS3/c1-15-7-6-10-19(11-15)27(16(2)28)21-24-18(13-29-21)14-30-22-26-25-20(31-22)23-12-17-8-4-3-5-9-17/h3-11,13H,12,14H2,1-2H3,(H,23,25). The highest BCUT2D eigenvalue weighted by Gasteiger charge is 2.18. The fourth-order valence-electron chi connectivity index (χ4n) is 2.91. The largest absolute Gasteiger partial charge is 0.356 e. The smallest absolute Gasteiger partial charge is 0.230 e. The molecule has 0 unspecified atom stereocenters. The van der Waals surface area contributed by atoms with E-state index in [0.29, 0.717) is 10.9 Å². The highest BCUT2D eigenvalue weighted by molar-refractivity contribution is 8.00. The summed E-state index contributed by atoms with van der Waals surface area (Å²) in [7, 11) is 0. The minimum Gasteiger partial charge on any atom is -0.356 e. The van der Waals surface area contributed by atoms with Gasteiger partial charge in [0.1, 0.15) is 0 Å². The maximum absolute atomic E-state index is 12.3. The molecule has 0 aliphatic heterocycles. The number of thiazole rings is 1. The average Bonchev–Trinajstić information content (AvgIpc) is 3.41. The fraction of sp³-hybridized carbons (Fsp3) is 0.182. The fourth-order valence-corrected chi connectivity index (χ4v) is 5.54. The molecule has 158 valence electrons. The molecule has 2 heterocycles. The lowest BCUT2D eigenvalue weighted by Crippen LogP contribution is -2.22. The first kappa shape index (κ1) is 21.5. The molecule has 2 aromatic heterocycles. The van der Waals surface area contributed by atoms with Crippen molar-refractivity contribution in [1.82, 2.24) is 15.2 Å². The first-order valence-corrected chi connectivity index (χ1v) is 12.3. The van der Waals surface area contributed by atoms with Crippen molar-refractivity contribution in [2.45, 2.75) is 30.5 Å². The third-order valence-corrected chi connectivity index (χ3v) is 7.26. The quantitative estimate of drug-likeness (QED) is 0.326. The predicted octanol–water partition coefficient (Wildman–Crippen LogP) is 5.89. The van der Waals surface area contributed by atoms with E-state index in [2.05, 4.69) is 32.6 Å². The number of aromatic nitrogens is 3. The molecule has 0 aliphatic carbocycles. The van der Waals surface area contributed by atoms with Gasteiger partial charge in [-0.25, -0.2) is 4.98 Å². The van der Waals surface area contributed by atoms with Crippen LogP contribution < -0.4 is 10.2 Å². The zero-order chi connectivity index (χ0) is 21.6. The summed E-state index contributed by atoms with van der Waals surface area (Å²) < 4.78 is 0.882. The SMILES string of the molecule is CC(=O)N(c1cccc(C)c1)c1nc(CSc2nnc(NCc3ccccc3)s2)cs1. The molecule has 2 aromatic carbocycles. The molecule has 4 aromatic rings. The number of hydrogen-bond acceptors (Lipinski definition) is 8. The number of carbonyl (C=O) groups excluding carboxylic acids is 1. The second-order valence-corrected chi connectivity index (χ2v) is 9.85. The third kappa shape index (κ3) is 5.69. The van der Waals surface area contributed by atoms with E-state index in [9.17, 15) is 4.79 Å². The molecule has 0 bridgehead atoms. The summed E-state index contributed by atoms with van der Waals surface area (Å²) in [6, 6.07) is 18.1. The summed E-state index contributed by atoms with van der Waals surface area (Å²) in [5, 5.41) is 15.2. The van der Waals surface area contributed by atoms with Gasteiger partial charge in [0.15, 0.2) is 9.47 Å². The molecule has 0 aliphatic rings. The normalized spacial score (nSPS) is 10.8. The lowest BCUT2D eigenvalue weighted by molar-refractivity contribution is -0.115. The Hall–Kier alpha value is -2.75. The molecule has 0 saturated carbocycles. The molecule has 0 atom stereocenters. The van der Waals surface area contributed by atoms with Gasteiger partial charge < -0.3 is 5.32 Å². The van der Waals surface area contributed by atoms with Crippen LogP contribution >= 0.6 is 34.4 Å².